The first kappa shape index (κ1) is 15.3. The number of hydrogen-bond acceptors (Lipinski definition) is 7. The maximum Gasteiger partial charge on any atom is 0.296 e. The monoisotopic (exact) mass is 396 g/mol. The normalized spacial score (nSPS) is 11.0. The Morgan fingerprint density at radius 3 is 2.77 bits per heavy atom. The predicted octanol–water partition coefficient (Wildman–Crippen LogP) is 2.59. The Kier molecular flexibility index (Phi) is 4.37. The van der Waals surface area contributed by atoms with Crippen molar-refractivity contribution in [1.29, 1.82) is 0 Å². The van der Waals surface area contributed by atoms with E-state index in [1.807, 2.05) is 12.1 Å². The molecule has 6 nitrogen and oxygen atoms in total. The van der Waals surface area contributed by atoms with Crippen LogP contribution in [-0.2, 0) is 0 Å². The van der Waals surface area contributed by atoms with Crippen LogP contribution < -0.4 is 5.56 Å². The van der Waals surface area contributed by atoms with E-state index in [1.54, 1.807) is 19.1 Å². The standard InChI is InChI=1S/C13H9BrN4O2S2/c1-7-11(20)18-12(16-15-7)22-13(17-18)21-6-10(19)8-2-4-9(14)5-3-8/h2-5H,6H2,1H3. The number of halogens is 1. The van der Waals surface area contributed by atoms with E-state index in [2.05, 4.69) is 31.2 Å². The van der Waals surface area contributed by atoms with E-state index < -0.39 is 0 Å². The summed E-state index contributed by atoms with van der Waals surface area (Å²) < 4.78 is 2.76. The Hall–Kier alpha value is -1.58. The van der Waals surface area contributed by atoms with E-state index in [4.69, 9.17) is 0 Å². The van der Waals surface area contributed by atoms with Crippen molar-refractivity contribution in [1.82, 2.24) is 19.8 Å². The summed E-state index contributed by atoms with van der Waals surface area (Å²) in [5, 5.41) is 11.9. The number of thioether (sulfide) groups is 1. The van der Waals surface area contributed by atoms with E-state index in [0.29, 0.717) is 20.6 Å². The minimum absolute atomic E-state index is 0.00590. The molecule has 3 rings (SSSR count). The van der Waals surface area contributed by atoms with E-state index in [1.165, 1.54) is 27.6 Å². The molecule has 2 heterocycles. The van der Waals surface area contributed by atoms with Crippen LogP contribution in [-0.4, -0.2) is 31.3 Å². The molecule has 0 aliphatic heterocycles. The molecular weight excluding hydrogens is 388 g/mol. The number of carbonyl (C=O) groups is 1. The molecule has 0 radical (unpaired) electrons. The Bertz CT molecular complexity index is 905. The van der Waals surface area contributed by atoms with Crippen molar-refractivity contribution in [2.45, 2.75) is 11.3 Å². The second kappa shape index (κ2) is 6.27. The molecule has 0 bridgehead atoms. The van der Waals surface area contributed by atoms with Gasteiger partial charge in [-0.1, -0.05) is 51.2 Å². The summed E-state index contributed by atoms with van der Waals surface area (Å²) in [6.45, 7) is 1.59. The van der Waals surface area contributed by atoms with Crippen LogP contribution in [0.15, 0.2) is 37.9 Å². The number of carbonyl (C=O) groups excluding carboxylic acids is 1. The van der Waals surface area contributed by atoms with E-state index >= 15 is 0 Å². The molecule has 0 unspecified atom stereocenters. The van der Waals surface area contributed by atoms with Crippen LogP contribution in [0.1, 0.15) is 16.1 Å². The first-order valence-electron chi connectivity index (χ1n) is 6.19. The van der Waals surface area contributed by atoms with Gasteiger partial charge in [0.15, 0.2) is 10.1 Å². The number of benzene rings is 1. The van der Waals surface area contributed by atoms with Gasteiger partial charge in [0.2, 0.25) is 4.96 Å². The Morgan fingerprint density at radius 1 is 1.32 bits per heavy atom. The summed E-state index contributed by atoms with van der Waals surface area (Å²) in [6.07, 6.45) is 0. The highest BCUT2D eigenvalue weighted by Gasteiger charge is 2.12. The quantitative estimate of drug-likeness (QED) is 0.498. The molecule has 1 aromatic carbocycles. The number of aromatic nitrogens is 4. The van der Waals surface area contributed by atoms with Crippen molar-refractivity contribution in [2.75, 3.05) is 5.75 Å². The topological polar surface area (TPSA) is 77.2 Å². The number of ketones is 1. The van der Waals surface area contributed by atoms with Gasteiger partial charge >= 0.3 is 0 Å². The molecule has 0 atom stereocenters. The fourth-order valence-corrected chi connectivity index (χ4v) is 3.71. The van der Waals surface area contributed by atoms with Crippen molar-refractivity contribution in [3.63, 3.8) is 0 Å². The van der Waals surface area contributed by atoms with Crippen LogP contribution in [0, 0.1) is 6.92 Å². The van der Waals surface area contributed by atoms with Crippen LogP contribution in [0.25, 0.3) is 4.96 Å². The van der Waals surface area contributed by atoms with Gasteiger partial charge in [-0.2, -0.15) is 4.52 Å². The Morgan fingerprint density at radius 2 is 2.05 bits per heavy atom. The van der Waals surface area contributed by atoms with Crippen molar-refractivity contribution >= 4 is 49.8 Å². The number of nitrogens with zero attached hydrogens (tertiary/aromatic N) is 4. The third-order valence-corrected chi connectivity index (χ3v) is 5.38. The highest BCUT2D eigenvalue weighted by atomic mass is 79.9. The second-order valence-corrected chi connectivity index (χ2v) is 7.47. The number of fused-ring (bicyclic) bond motifs is 1. The smallest absolute Gasteiger partial charge is 0.293 e. The highest BCUT2D eigenvalue weighted by Crippen LogP contribution is 2.24. The number of rotatable bonds is 4. The average molecular weight is 397 g/mol. The van der Waals surface area contributed by atoms with Gasteiger partial charge in [0.25, 0.3) is 5.56 Å². The number of Topliss-reactive ketones (excluding diaryl/α,β-unsaturated/α-hetero) is 1. The minimum atomic E-state index is -0.285. The third-order valence-electron chi connectivity index (χ3n) is 2.82. The van der Waals surface area contributed by atoms with E-state index in [9.17, 15) is 9.59 Å². The molecular formula is C13H9BrN4O2S2. The van der Waals surface area contributed by atoms with Crippen molar-refractivity contribution in [2.24, 2.45) is 0 Å². The van der Waals surface area contributed by atoms with Gasteiger partial charge in [-0.05, 0) is 19.1 Å². The van der Waals surface area contributed by atoms with Gasteiger partial charge in [-0.25, -0.2) is 0 Å². The second-order valence-electron chi connectivity index (χ2n) is 4.37. The van der Waals surface area contributed by atoms with Crippen molar-refractivity contribution in [3.8, 4) is 0 Å². The molecule has 0 aliphatic carbocycles. The van der Waals surface area contributed by atoms with Crippen molar-refractivity contribution in [3.05, 3.63) is 50.3 Å². The fraction of sp³-hybridized carbons (Fsp3) is 0.154. The van der Waals surface area contributed by atoms with Gasteiger partial charge in [-0.3, -0.25) is 9.59 Å². The zero-order valence-electron chi connectivity index (χ0n) is 11.3. The third kappa shape index (κ3) is 3.11. The van der Waals surface area contributed by atoms with Crippen LogP contribution >= 0.6 is 39.0 Å². The Labute approximate surface area is 141 Å². The van der Waals surface area contributed by atoms with Gasteiger partial charge in [0, 0.05) is 10.0 Å². The summed E-state index contributed by atoms with van der Waals surface area (Å²) >= 11 is 5.86. The molecule has 0 saturated carbocycles. The van der Waals surface area contributed by atoms with Gasteiger partial charge in [0.05, 0.1) is 5.75 Å². The summed E-state index contributed by atoms with van der Waals surface area (Å²) in [6, 6.07) is 7.19. The molecule has 9 heteroatoms. The molecule has 0 amide bonds. The lowest BCUT2D eigenvalue weighted by molar-refractivity contribution is 0.102. The molecule has 3 aromatic rings. The molecule has 0 saturated heterocycles. The van der Waals surface area contributed by atoms with Crippen molar-refractivity contribution < 1.29 is 4.79 Å². The molecule has 0 aliphatic rings. The maximum atomic E-state index is 12.1. The molecule has 2 aromatic heterocycles. The largest absolute Gasteiger partial charge is 0.296 e. The SMILES string of the molecule is Cc1nnc2sc(SCC(=O)c3ccc(Br)cc3)nn2c1=O. The van der Waals surface area contributed by atoms with Gasteiger partial charge < -0.3 is 0 Å². The van der Waals surface area contributed by atoms with Crippen LogP contribution in [0.3, 0.4) is 0 Å². The van der Waals surface area contributed by atoms with Crippen LogP contribution in [0.2, 0.25) is 0 Å². The van der Waals surface area contributed by atoms with Crippen LogP contribution in [0.4, 0.5) is 0 Å². The molecule has 112 valence electrons. The molecule has 0 fully saturated rings. The van der Waals surface area contributed by atoms with E-state index in [0.717, 1.165) is 4.47 Å². The minimum Gasteiger partial charge on any atom is -0.293 e. The predicted molar refractivity (Wildman–Crippen MR) is 88.9 cm³/mol. The first-order chi connectivity index (χ1) is 10.5. The summed E-state index contributed by atoms with van der Waals surface area (Å²) in [5.74, 6) is 0.258. The molecule has 0 spiro atoms. The van der Waals surface area contributed by atoms with E-state index in [-0.39, 0.29) is 17.1 Å². The lowest BCUT2D eigenvalue weighted by Crippen LogP contribution is -2.19. The van der Waals surface area contributed by atoms with Gasteiger partial charge in [-0.15, -0.1) is 15.3 Å². The number of hydrogen-bond donors (Lipinski definition) is 0. The molecule has 0 N–H and O–H groups in total. The average Bonchev–Trinajstić information content (AvgIpc) is 2.93. The Balaban J connectivity index is 1.76. The highest BCUT2D eigenvalue weighted by molar-refractivity contribution is 9.10. The zero-order chi connectivity index (χ0) is 15.7. The summed E-state index contributed by atoms with van der Waals surface area (Å²) in [7, 11) is 0. The zero-order valence-corrected chi connectivity index (χ0v) is 14.5. The lowest BCUT2D eigenvalue weighted by atomic mass is 10.2. The maximum absolute atomic E-state index is 12.1. The lowest BCUT2D eigenvalue weighted by Gasteiger charge is -1.99. The summed E-state index contributed by atoms with van der Waals surface area (Å²) in [4.78, 5) is 24.4. The fourth-order valence-electron chi connectivity index (χ4n) is 1.68. The summed E-state index contributed by atoms with van der Waals surface area (Å²) in [5.41, 5.74) is 0.655. The molecule has 22 heavy (non-hydrogen) atoms. The number of aryl methyl sites for hydroxylation is 1. The van der Waals surface area contributed by atoms with Crippen LogP contribution in [0.5, 0.6) is 0 Å². The first-order valence-corrected chi connectivity index (χ1v) is 8.79. The van der Waals surface area contributed by atoms with Gasteiger partial charge in [0.1, 0.15) is 5.69 Å².